The number of rotatable bonds is 4. The zero-order valence-electron chi connectivity index (χ0n) is 9.43. The fourth-order valence-corrected chi connectivity index (χ4v) is 1.71. The quantitative estimate of drug-likeness (QED) is 0.761. The molecule has 4 nitrogen and oxygen atoms in total. The Hall–Kier alpha value is -2.04. The molecule has 1 aromatic carbocycles. The largest absolute Gasteiger partial charge is 0.298 e. The van der Waals surface area contributed by atoms with Crippen molar-refractivity contribution in [2.45, 2.75) is 19.9 Å². The van der Waals surface area contributed by atoms with Gasteiger partial charge in [-0.15, -0.1) is 5.10 Å². The number of aromatic nitrogens is 3. The van der Waals surface area contributed by atoms with E-state index in [0.29, 0.717) is 24.0 Å². The number of carbonyl (C=O) groups is 1. The monoisotopic (exact) mass is 233 g/mol. The average Bonchev–Trinajstić information content (AvgIpc) is 2.77. The highest BCUT2D eigenvalue weighted by molar-refractivity contribution is 5.86. The molecule has 0 saturated heterocycles. The molecule has 5 heteroatoms. The van der Waals surface area contributed by atoms with Gasteiger partial charge in [-0.1, -0.05) is 12.1 Å². The molecule has 0 bridgehead atoms. The Kier molecular flexibility index (Phi) is 3.27. The molecule has 2 rings (SSSR count). The minimum atomic E-state index is -0.426. The van der Waals surface area contributed by atoms with Crippen molar-refractivity contribution in [2.75, 3.05) is 0 Å². The van der Waals surface area contributed by atoms with Crippen LogP contribution in [-0.4, -0.2) is 21.3 Å². The Morgan fingerprint density at radius 3 is 3.00 bits per heavy atom. The molecule has 0 spiro atoms. The van der Waals surface area contributed by atoms with Gasteiger partial charge in [0.05, 0.1) is 11.9 Å². The highest BCUT2D eigenvalue weighted by Gasteiger charge is 2.11. The number of benzene rings is 1. The molecule has 0 amide bonds. The summed E-state index contributed by atoms with van der Waals surface area (Å²) in [6.45, 7) is 2.74. The van der Waals surface area contributed by atoms with Gasteiger partial charge in [-0.3, -0.25) is 4.79 Å². The number of hydrogen-bond donors (Lipinski definition) is 0. The molecule has 0 N–H and O–H groups in total. The molecule has 0 fully saturated rings. The summed E-state index contributed by atoms with van der Waals surface area (Å²) in [4.78, 5) is 10.9. The second-order valence-electron chi connectivity index (χ2n) is 3.69. The lowest BCUT2D eigenvalue weighted by Gasteiger charge is -2.06. The van der Waals surface area contributed by atoms with Gasteiger partial charge in [-0.2, -0.15) is 0 Å². The molecule has 88 valence electrons. The number of halogens is 1. The Bertz CT molecular complexity index is 536. The van der Waals surface area contributed by atoms with Crippen molar-refractivity contribution in [1.82, 2.24) is 15.0 Å². The van der Waals surface area contributed by atoms with E-state index >= 15 is 0 Å². The lowest BCUT2D eigenvalue weighted by atomic mass is 10.1. The SMILES string of the molecule is CCCn1nncc1-c1ccc(F)cc1C=O. The first kappa shape index (κ1) is 11.4. The summed E-state index contributed by atoms with van der Waals surface area (Å²) >= 11 is 0. The van der Waals surface area contributed by atoms with Crippen LogP contribution in [0.1, 0.15) is 23.7 Å². The van der Waals surface area contributed by atoms with Gasteiger partial charge >= 0.3 is 0 Å². The van der Waals surface area contributed by atoms with E-state index in [4.69, 9.17) is 0 Å². The van der Waals surface area contributed by atoms with Gasteiger partial charge in [0.15, 0.2) is 6.29 Å². The summed E-state index contributed by atoms with van der Waals surface area (Å²) in [6.07, 6.45) is 3.13. The first-order valence-electron chi connectivity index (χ1n) is 5.40. The molecular weight excluding hydrogens is 221 g/mol. The van der Waals surface area contributed by atoms with Crippen LogP contribution in [0.3, 0.4) is 0 Å². The second-order valence-corrected chi connectivity index (χ2v) is 3.69. The van der Waals surface area contributed by atoms with Crippen LogP contribution in [0.5, 0.6) is 0 Å². The molecule has 0 unspecified atom stereocenters. The molecular formula is C12H12FN3O. The van der Waals surface area contributed by atoms with Gasteiger partial charge in [-0.05, 0) is 24.6 Å². The van der Waals surface area contributed by atoms with Crippen molar-refractivity contribution in [3.63, 3.8) is 0 Å². The fourth-order valence-electron chi connectivity index (χ4n) is 1.71. The van der Waals surface area contributed by atoms with Crippen molar-refractivity contribution in [2.24, 2.45) is 0 Å². The Morgan fingerprint density at radius 1 is 1.47 bits per heavy atom. The number of aldehydes is 1. The van der Waals surface area contributed by atoms with Crippen LogP contribution in [0.25, 0.3) is 11.3 Å². The molecule has 2 aromatic rings. The van der Waals surface area contributed by atoms with Crippen molar-refractivity contribution in [1.29, 1.82) is 0 Å². The predicted octanol–water partition coefficient (Wildman–Crippen LogP) is 2.31. The van der Waals surface area contributed by atoms with Crippen molar-refractivity contribution in [3.05, 3.63) is 35.8 Å². The van der Waals surface area contributed by atoms with E-state index in [1.54, 1.807) is 16.9 Å². The smallest absolute Gasteiger partial charge is 0.150 e. The second kappa shape index (κ2) is 4.86. The standard InChI is InChI=1S/C12H12FN3O/c1-2-5-16-12(7-14-15-16)11-4-3-10(13)6-9(11)8-17/h3-4,6-8H,2,5H2,1H3. The molecule has 0 aliphatic heterocycles. The van der Waals surface area contributed by atoms with E-state index in [9.17, 15) is 9.18 Å². The van der Waals surface area contributed by atoms with Gasteiger partial charge < -0.3 is 0 Å². The Balaban J connectivity index is 2.52. The summed E-state index contributed by atoms with van der Waals surface area (Å²) in [5.41, 5.74) is 1.69. The van der Waals surface area contributed by atoms with Gasteiger partial charge in [0, 0.05) is 17.7 Å². The maximum atomic E-state index is 13.0. The van der Waals surface area contributed by atoms with Crippen LogP contribution in [0.15, 0.2) is 24.4 Å². The van der Waals surface area contributed by atoms with E-state index in [-0.39, 0.29) is 0 Å². The minimum Gasteiger partial charge on any atom is -0.298 e. The molecule has 0 radical (unpaired) electrons. The van der Waals surface area contributed by atoms with E-state index < -0.39 is 5.82 Å². The lowest BCUT2D eigenvalue weighted by Crippen LogP contribution is -2.03. The molecule has 17 heavy (non-hydrogen) atoms. The lowest BCUT2D eigenvalue weighted by molar-refractivity contribution is 0.112. The number of hydrogen-bond acceptors (Lipinski definition) is 3. The maximum Gasteiger partial charge on any atom is 0.150 e. The Labute approximate surface area is 98.1 Å². The summed E-state index contributed by atoms with van der Waals surface area (Å²) < 4.78 is 14.7. The van der Waals surface area contributed by atoms with Crippen molar-refractivity contribution < 1.29 is 9.18 Å². The molecule has 1 heterocycles. The van der Waals surface area contributed by atoms with Crippen LogP contribution in [0.2, 0.25) is 0 Å². The summed E-state index contributed by atoms with van der Waals surface area (Å²) in [5, 5.41) is 7.76. The summed E-state index contributed by atoms with van der Waals surface area (Å²) in [5.74, 6) is -0.426. The number of carbonyl (C=O) groups excluding carboxylic acids is 1. The third-order valence-corrected chi connectivity index (χ3v) is 2.47. The molecule has 0 aliphatic rings. The third kappa shape index (κ3) is 2.22. The van der Waals surface area contributed by atoms with Gasteiger partial charge in [0.1, 0.15) is 5.82 Å². The molecule has 0 saturated carbocycles. The summed E-state index contributed by atoms with van der Waals surface area (Å²) in [6, 6.07) is 4.11. The van der Waals surface area contributed by atoms with Crippen LogP contribution >= 0.6 is 0 Å². The van der Waals surface area contributed by atoms with E-state index in [1.807, 2.05) is 6.92 Å². The van der Waals surface area contributed by atoms with Crippen LogP contribution in [0.4, 0.5) is 4.39 Å². The van der Waals surface area contributed by atoms with Crippen molar-refractivity contribution in [3.8, 4) is 11.3 Å². The van der Waals surface area contributed by atoms with Gasteiger partial charge in [0.2, 0.25) is 0 Å². The highest BCUT2D eigenvalue weighted by Crippen LogP contribution is 2.22. The normalized spacial score (nSPS) is 10.5. The first-order chi connectivity index (χ1) is 8.26. The topological polar surface area (TPSA) is 47.8 Å². The average molecular weight is 233 g/mol. The predicted molar refractivity (Wildman–Crippen MR) is 61.1 cm³/mol. The van der Waals surface area contributed by atoms with Gasteiger partial charge in [0.25, 0.3) is 0 Å². The fraction of sp³-hybridized carbons (Fsp3) is 0.250. The molecule has 0 atom stereocenters. The number of nitrogens with zero attached hydrogens (tertiary/aromatic N) is 3. The van der Waals surface area contributed by atoms with E-state index in [2.05, 4.69) is 10.3 Å². The van der Waals surface area contributed by atoms with Crippen LogP contribution in [0, 0.1) is 5.82 Å². The first-order valence-corrected chi connectivity index (χ1v) is 5.40. The highest BCUT2D eigenvalue weighted by atomic mass is 19.1. The zero-order chi connectivity index (χ0) is 12.3. The summed E-state index contributed by atoms with van der Waals surface area (Å²) in [7, 11) is 0. The Morgan fingerprint density at radius 2 is 2.29 bits per heavy atom. The zero-order valence-corrected chi connectivity index (χ0v) is 9.43. The third-order valence-electron chi connectivity index (χ3n) is 2.47. The van der Waals surface area contributed by atoms with Crippen LogP contribution in [-0.2, 0) is 6.54 Å². The van der Waals surface area contributed by atoms with Crippen molar-refractivity contribution >= 4 is 6.29 Å². The minimum absolute atomic E-state index is 0.310. The molecule has 1 aromatic heterocycles. The van der Waals surface area contributed by atoms with Gasteiger partial charge in [-0.25, -0.2) is 9.07 Å². The number of aryl methyl sites for hydroxylation is 1. The molecule has 0 aliphatic carbocycles. The van der Waals surface area contributed by atoms with Crippen LogP contribution < -0.4 is 0 Å². The van der Waals surface area contributed by atoms with E-state index in [0.717, 1.165) is 12.1 Å². The van der Waals surface area contributed by atoms with E-state index in [1.165, 1.54) is 12.1 Å². The maximum absolute atomic E-state index is 13.0.